The molecule has 0 fully saturated rings. The zero-order chi connectivity index (χ0) is 30.3. The summed E-state index contributed by atoms with van der Waals surface area (Å²) in [6.45, 7) is 5.68. The molecule has 0 aromatic heterocycles. The van der Waals surface area contributed by atoms with Gasteiger partial charge in [-0.25, -0.2) is 4.79 Å². The van der Waals surface area contributed by atoms with Crippen LogP contribution >= 0.6 is 0 Å². The van der Waals surface area contributed by atoms with Crippen LogP contribution in [0.3, 0.4) is 0 Å². The molecule has 0 aliphatic heterocycles. The van der Waals surface area contributed by atoms with E-state index in [4.69, 9.17) is 28.4 Å². The van der Waals surface area contributed by atoms with Crippen LogP contribution in [-0.4, -0.2) is 58.7 Å². The number of esters is 1. The first-order chi connectivity index (χ1) is 19.6. The largest absolute Gasteiger partial charge is 0.493 e. The van der Waals surface area contributed by atoms with Crippen molar-refractivity contribution in [3.05, 3.63) is 45.6 Å². The van der Waals surface area contributed by atoms with Gasteiger partial charge in [0.25, 0.3) is 0 Å². The molecule has 1 aliphatic carbocycles. The highest BCUT2D eigenvalue weighted by atomic mass is 16.7. The fraction of sp³-hybridized carbons (Fsp3) is 0.516. The summed E-state index contributed by atoms with van der Waals surface area (Å²) < 4.78 is 33.1. The van der Waals surface area contributed by atoms with Crippen molar-refractivity contribution < 1.29 is 38.0 Å². The van der Waals surface area contributed by atoms with Crippen molar-refractivity contribution in [3.63, 3.8) is 0 Å². The first-order valence-corrected chi connectivity index (χ1v) is 13.7. The molecule has 1 unspecified atom stereocenters. The molecule has 0 saturated heterocycles. The summed E-state index contributed by atoms with van der Waals surface area (Å²) in [5.74, 6) is 1.58. The Labute approximate surface area is 241 Å². The maximum Gasteiger partial charge on any atom is 0.413 e. The van der Waals surface area contributed by atoms with Gasteiger partial charge in [0.1, 0.15) is 0 Å². The first kappa shape index (κ1) is 31.6. The molecule has 2 atom stereocenters. The highest BCUT2D eigenvalue weighted by Crippen LogP contribution is 2.50. The number of amides is 1. The van der Waals surface area contributed by atoms with Gasteiger partial charge in [0.2, 0.25) is 17.5 Å². The molecule has 2 aromatic carbocycles. The van der Waals surface area contributed by atoms with Crippen molar-refractivity contribution in [1.82, 2.24) is 4.90 Å². The molecule has 3 rings (SSSR count). The molecule has 0 spiro atoms. The summed E-state index contributed by atoms with van der Waals surface area (Å²) in [5, 5.41) is 0. The molecule has 1 aliphatic rings. The predicted octanol–water partition coefficient (Wildman–Crippen LogP) is 5.52. The molecule has 1 amide bonds. The number of hydrogen-bond donors (Lipinski definition) is 0. The summed E-state index contributed by atoms with van der Waals surface area (Å²) in [5.41, 5.74) is 2.54. The number of carbonyl (C=O) groups is 2. The second-order valence-corrected chi connectivity index (χ2v) is 10.4. The van der Waals surface area contributed by atoms with Crippen molar-refractivity contribution in [2.75, 3.05) is 35.5 Å². The zero-order valence-corrected chi connectivity index (χ0v) is 25.2. The zero-order valence-electron chi connectivity index (χ0n) is 25.2. The maximum absolute atomic E-state index is 13.3. The summed E-state index contributed by atoms with van der Waals surface area (Å²) >= 11 is 0. The van der Waals surface area contributed by atoms with E-state index in [0.717, 1.165) is 17.5 Å². The molecule has 0 saturated carbocycles. The van der Waals surface area contributed by atoms with Crippen LogP contribution < -0.4 is 24.4 Å². The molecule has 10 heteroatoms. The number of nitrogens with zero attached hydrogens (tertiary/aromatic N) is 1. The molecular formula is C31H41NO9. The second kappa shape index (κ2) is 14.1. The lowest BCUT2D eigenvalue weighted by Crippen LogP contribution is -2.35. The van der Waals surface area contributed by atoms with E-state index >= 15 is 0 Å². The van der Waals surface area contributed by atoms with Crippen LogP contribution in [0.2, 0.25) is 0 Å². The highest BCUT2D eigenvalue weighted by molar-refractivity contribution is 5.83. The fourth-order valence-corrected chi connectivity index (χ4v) is 5.12. The summed E-state index contributed by atoms with van der Waals surface area (Å²) in [7, 11) is 7.64. The summed E-state index contributed by atoms with van der Waals surface area (Å²) in [6.07, 6.45) is 1.08. The van der Waals surface area contributed by atoms with E-state index < -0.39 is 24.4 Å². The Hall–Kier alpha value is -3.95. The van der Waals surface area contributed by atoms with Gasteiger partial charge < -0.3 is 33.3 Å². The molecule has 0 radical (unpaired) electrons. The molecule has 0 bridgehead atoms. The Bertz CT molecular complexity index is 1310. The van der Waals surface area contributed by atoms with Crippen LogP contribution in [0.5, 0.6) is 23.0 Å². The average molecular weight is 572 g/mol. The van der Waals surface area contributed by atoms with Crippen LogP contribution in [0, 0.1) is 5.92 Å². The van der Waals surface area contributed by atoms with Crippen LogP contribution in [0.1, 0.15) is 63.6 Å². The Morgan fingerprint density at radius 2 is 1.61 bits per heavy atom. The summed E-state index contributed by atoms with van der Waals surface area (Å²) in [6, 6.07) is 6.17. The van der Waals surface area contributed by atoms with Crippen molar-refractivity contribution in [3.8, 4) is 34.1 Å². The van der Waals surface area contributed by atoms with E-state index in [1.54, 1.807) is 26.3 Å². The summed E-state index contributed by atoms with van der Waals surface area (Å²) in [4.78, 5) is 40.0. The lowest BCUT2D eigenvalue weighted by Gasteiger charge is -2.28. The first-order valence-electron chi connectivity index (χ1n) is 13.7. The third-order valence-electron chi connectivity index (χ3n) is 7.17. The third-order valence-corrected chi connectivity index (χ3v) is 7.17. The van der Waals surface area contributed by atoms with E-state index in [9.17, 15) is 14.4 Å². The molecule has 224 valence electrons. The maximum atomic E-state index is 13.3. The monoisotopic (exact) mass is 571 g/mol. The van der Waals surface area contributed by atoms with Crippen molar-refractivity contribution >= 4 is 12.1 Å². The van der Waals surface area contributed by atoms with Gasteiger partial charge in [-0.15, -0.1) is 0 Å². The molecule has 2 aromatic rings. The number of aryl methyl sites for hydroxylation is 1. The van der Waals surface area contributed by atoms with Gasteiger partial charge in [0.05, 0.1) is 34.5 Å². The van der Waals surface area contributed by atoms with Gasteiger partial charge in [0.15, 0.2) is 17.2 Å². The lowest BCUT2D eigenvalue weighted by atomic mass is 9.95. The Morgan fingerprint density at radius 3 is 2.22 bits per heavy atom. The number of fused-ring (bicyclic) bond motifs is 3. The highest BCUT2D eigenvalue weighted by Gasteiger charge is 2.33. The average Bonchev–Trinajstić information content (AvgIpc) is 3.18. The van der Waals surface area contributed by atoms with Crippen LogP contribution in [0.25, 0.3) is 11.1 Å². The van der Waals surface area contributed by atoms with E-state index in [2.05, 4.69) is 13.8 Å². The number of rotatable bonds is 11. The lowest BCUT2D eigenvalue weighted by molar-refractivity contribution is -0.166. The minimum Gasteiger partial charge on any atom is -0.493 e. The minimum atomic E-state index is -1.07. The fourth-order valence-electron chi connectivity index (χ4n) is 5.12. The quantitative estimate of drug-likeness (QED) is 0.254. The van der Waals surface area contributed by atoms with Gasteiger partial charge in [-0.1, -0.05) is 26.3 Å². The van der Waals surface area contributed by atoms with Crippen LogP contribution in [-0.2, 0) is 20.7 Å². The molecule has 10 nitrogen and oxygen atoms in total. The van der Waals surface area contributed by atoms with E-state index in [-0.39, 0.29) is 17.6 Å². The topological polar surface area (TPSA) is 110 Å². The van der Waals surface area contributed by atoms with Crippen molar-refractivity contribution in [1.29, 1.82) is 0 Å². The van der Waals surface area contributed by atoms with Gasteiger partial charge in [-0.05, 0) is 60.1 Å². The number of benzene rings is 1. The molecular weight excluding hydrogens is 530 g/mol. The molecule has 41 heavy (non-hydrogen) atoms. The van der Waals surface area contributed by atoms with Crippen molar-refractivity contribution in [2.45, 2.75) is 65.2 Å². The second-order valence-electron chi connectivity index (χ2n) is 10.4. The predicted molar refractivity (Wildman–Crippen MR) is 154 cm³/mol. The minimum absolute atomic E-state index is 0.154. The standard InChI is InChI=1S/C31H41NO9/c1-18(2)10-9-11-27(34)40-19(3)41-31(35)32(4)23-14-12-20-16-26(37-6)29(38-7)30(39-8)28(20)21-13-15-25(36-5)24(33)17-22(21)23/h13,15-19,23H,9-12,14H2,1-8H3/t19?,23-/m0/s1. The van der Waals surface area contributed by atoms with Gasteiger partial charge in [0, 0.05) is 26.0 Å². The Morgan fingerprint density at radius 1 is 0.927 bits per heavy atom. The number of carbonyl (C=O) groups excluding carboxylic acids is 2. The third kappa shape index (κ3) is 7.23. The van der Waals surface area contributed by atoms with Crippen LogP contribution in [0.4, 0.5) is 4.79 Å². The van der Waals surface area contributed by atoms with Gasteiger partial charge in [-0.3, -0.25) is 9.59 Å². The Balaban J connectivity index is 2.00. The SMILES string of the molecule is COc1cc2c(c(OC)c1OC)-c1ccc(OC)c(=O)cc1[C@@H](N(C)C(=O)OC(C)OC(=O)CCCC(C)C)CC2. The molecule has 0 heterocycles. The number of hydrogen-bond acceptors (Lipinski definition) is 9. The van der Waals surface area contributed by atoms with Gasteiger partial charge >= 0.3 is 12.1 Å². The number of ether oxygens (including phenoxy) is 6. The van der Waals surface area contributed by atoms with Crippen molar-refractivity contribution in [2.24, 2.45) is 5.92 Å². The van der Waals surface area contributed by atoms with Gasteiger partial charge in [-0.2, -0.15) is 0 Å². The van der Waals surface area contributed by atoms with E-state index in [0.29, 0.717) is 53.6 Å². The van der Waals surface area contributed by atoms with Crippen LogP contribution in [0.15, 0.2) is 29.1 Å². The smallest absolute Gasteiger partial charge is 0.413 e. The molecule has 0 N–H and O–H groups in total. The van der Waals surface area contributed by atoms with E-state index in [1.807, 2.05) is 6.07 Å². The van der Waals surface area contributed by atoms with E-state index in [1.165, 1.54) is 39.2 Å². The Kier molecular flexibility index (Phi) is 10.9. The number of methoxy groups -OCH3 is 4. The normalized spacial score (nSPS) is 14.6.